The number of aryl methyl sites for hydroxylation is 1. The van der Waals surface area contributed by atoms with Gasteiger partial charge < -0.3 is 4.98 Å². The van der Waals surface area contributed by atoms with Crippen LogP contribution >= 0.6 is 0 Å². The summed E-state index contributed by atoms with van der Waals surface area (Å²) in [6, 6.07) is 8.18. The maximum Gasteiger partial charge on any atom is 0.258 e. The summed E-state index contributed by atoms with van der Waals surface area (Å²) in [6.45, 7) is 1.68. The van der Waals surface area contributed by atoms with Crippen LogP contribution in [-0.4, -0.2) is 9.97 Å². The van der Waals surface area contributed by atoms with E-state index in [2.05, 4.69) is 9.97 Å². The minimum absolute atomic E-state index is 0.232. The first-order valence-electron chi connectivity index (χ1n) is 6.00. The maximum atomic E-state index is 13.2. The highest BCUT2D eigenvalue weighted by molar-refractivity contribution is 5.83. The zero-order chi connectivity index (χ0) is 14.3. The first kappa shape index (κ1) is 12.5. The molecule has 20 heavy (non-hydrogen) atoms. The van der Waals surface area contributed by atoms with Crippen LogP contribution in [0.5, 0.6) is 0 Å². The van der Waals surface area contributed by atoms with Crippen molar-refractivity contribution in [2.24, 2.45) is 0 Å². The van der Waals surface area contributed by atoms with E-state index in [1.165, 1.54) is 12.1 Å². The van der Waals surface area contributed by atoms with Crippen molar-refractivity contribution in [1.82, 2.24) is 9.97 Å². The van der Waals surface area contributed by atoms with E-state index in [0.717, 1.165) is 6.07 Å². The Morgan fingerprint density at radius 3 is 2.40 bits per heavy atom. The van der Waals surface area contributed by atoms with E-state index >= 15 is 0 Å². The lowest BCUT2D eigenvalue weighted by Gasteiger charge is -2.05. The molecule has 0 aliphatic heterocycles. The lowest BCUT2D eigenvalue weighted by molar-refractivity contribution is 0.584. The standard InChI is InChI=1S/C15H10F2N2O/c1-8-18-14-6-9(2-3-13(14)15(20)19-8)10-4-11(16)7-12(17)5-10/h2-7H,1H3,(H,18,19,20). The van der Waals surface area contributed by atoms with E-state index in [0.29, 0.717) is 27.9 Å². The van der Waals surface area contributed by atoms with Gasteiger partial charge in [-0.05, 0) is 42.3 Å². The van der Waals surface area contributed by atoms with Gasteiger partial charge in [0.1, 0.15) is 17.5 Å². The van der Waals surface area contributed by atoms with Crippen molar-refractivity contribution in [3.63, 3.8) is 0 Å². The smallest absolute Gasteiger partial charge is 0.258 e. The third kappa shape index (κ3) is 2.18. The maximum absolute atomic E-state index is 13.2. The van der Waals surface area contributed by atoms with Gasteiger partial charge in [-0.15, -0.1) is 0 Å². The van der Waals surface area contributed by atoms with Crippen LogP contribution in [0.4, 0.5) is 8.78 Å². The van der Waals surface area contributed by atoms with Gasteiger partial charge >= 0.3 is 0 Å². The SMILES string of the molecule is Cc1nc2cc(-c3cc(F)cc(F)c3)ccc2c(=O)[nH]1. The fourth-order valence-corrected chi connectivity index (χ4v) is 2.16. The minimum atomic E-state index is -0.643. The Balaban J connectivity index is 2.25. The Labute approximate surface area is 112 Å². The third-order valence-corrected chi connectivity index (χ3v) is 3.02. The number of rotatable bonds is 1. The molecule has 3 rings (SSSR count). The Morgan fingerprint density at radius 2 is 1.70 bits per heavy atom. The molecular weight excluding hydrogens is 262 g/mol. The number of hydrogen-bond donors (Lipinski definition) is 1. The third-order valence-electron chi connectivity index (χ3n) is 3.02. The molecule has 5 heteroatoms. The molecule has 0 atom stereocenters. The molecule has 0 bridgehead atoms. The van der Waals surface area contributed by atoms with Gasteiger partial charge in [0.2, 0.25) is 0 Å². The van der Waals surface area contributed by atoms with Gasteiger partial charge in [0.15, 0.2) is 0 Å². The molecule has 0 saturated heterocycles. The average molecular weight is 272 g/mol. The summed E-state index contributed by atoms with van der Waals surface area (Å²) in [7, 11) is 0. The van der Waals surface area contributed by atoms with Gasteiger partial charge in [0, 0.05) is 6.07 Å². The summed E-state index contributed by atoms with van der Waals surface area (Å²) in [6.07, 6.45) is 0. The van der Waals surface area contributed by atoms with Gasteiger partial charge in [-0.25, -0.2) is 13.8 Å². The summed E-state index contributed by atoms with van der Waals surface area (Å²) in [5.74, 6) is -0.796. The molecule has 100 valence electrons. The Hall–Kier alpha value is -2.56. The highest BCUT2D eigenvalue weighted by atomic mass is 19.1. The summed E-state index contributed by atoms with van der Waals surface area (Å²) in [5, 5.41) is 0.441. The quantitative estimate of drug-likeness (QED) is 0.739. The minimum Gasteiger partial charge on any atom is -0.310 e. The number of nitrogens with zero attached hydrogens (tertiary/aromatic N) is 1. The fraction of sp³-hybridized carbons (Fsp3) is 0.0667. The first-order valence-corrected chi connectivity index (χ1v) is 6.00. The van der Waals surface area contributed by atoms with E-state index in [4.69, 9.17) is 0 Å². The number of benzene rings is 2. The Morgan fingerprint density at radius 1 is 1.00 bits per heavy atom. The average Bonchev–Trinajstić information content (AvgIpc) is 2.36. The van der Waals surface area contributed by atoms with Crippen molar-refractivity contribution in [1.29, 1.82) is 0 Å². The van der Waals surface area contributed by atoms with E-state index in [1.807, 2.05) is 0 Å². The second kappa shape index (κ2) is 4.52. The first-order chi connectivity index (χ1) is 9.52. The van der Waals surface area contributed by atoms with E-state index in [9.17, 15) is 13.6 Å². The molecular formula is C15H10F2N2O. The highest BCUT2D eigenvalue weighted by Crippen LogP contribution is 2.24. The van der Waals surface area contributed by atoms with E-state index in [1.54, 1.807) is 25.1 Å². The van der Waals surface area contributed by atoms with Gasteiger partial charge in [-0.2, -0.15) is 0 Å². The second-order valence-corrected chi connectivity index (χ2v) is 4.54. The molecule has 0 radical (unpaired) electrons. The summed E-state index contributed by atoms with van der Waals surface area (Å²) >= 11 is 0. The van der Waals surface area contributed by atoms with Crippen LogP contribution in [0.15, 0.2) is 41.2 Å². The Bertz CT molecular complexity index is 851. The largest absolute Gasteiger partial charge is 0.310 e. The second-order valence-electron chi connectivity index (χ2n) is 4.54. The lowest BCUT2D eigenvalue weighted by Crippen LogP contribution is -2.09. The van der Waals surface area contributed by atoms with Gasteiger partial charge in [-0.3, -0.25) is 4.79 Å². The van der Waals surface area contributed by atoms with Crippen LogP contribution in [-0.2, 0) is 0 Å². The van der Waals surface area contributed by atoms with Crippen LogP contribution in [0.3, 0.4) is 0 Å². The number of aromatic nitrogens is 2. The van der Waals surface area contributed by atoms with Crippen LogP contribution in [0.1, 0.15) is 5.82 Å². The van der Waals surface area contributed by atoms with Crippen molar-refractivity contribution >= 4 is 10.9 Å². The molecule has 0 fully saturated rings. The molecule has 1 N–H and O–H groups in total. The van der Waals surface area contributed by atoms with Crippen LogP contribution in [0, 0.1) is 18.6 Å². The van der Waals surface area contributed by atoms with Gasteiger partial charge in [0.25, 0.3) is 5.56 Å². The molecule has 0 saturated carbocycles. The predicted octanol–water partition coefficient (Wildman–Crippen LogP) is 3.18. The molecule has 0 unspecified atom stereocenters. The van der Waals surface area contributed by atoms with Crippen LogP contribution < -0.4 is 5.56 Å². The summed E-state index contributed by atoms with van der Waals surface area (Å²) in [4.78, 5) is 18.6. The fourth-order valence-electron chi connectivity index (χ4n) is 2.16. The molecule has 0 spiro atoms. The molecule has 0 aliphatic carbocycles. The Kier molecular flexibility index (Phi) is 2.82. The molecule has 3 aromatic rings. The lowest BCUT2D eigenvalue weighted by atomic mass is 10.0. The number of halogens is 2. The summed E-state index contributed by atoms with van der Waals surface area (Å²) in [5.41, 5.74) is 1.27. The number of aromatic amines is 1. The summed E-state index contributed by atoms with van der Waals surface area (Å²) < 4.78 is 26.5. The van der Waals surface area contributed by atoms with Gasteiger partial charge in [-0.1, -0.05) is 6.07 Å². The number of nitrogens with one attached hydrogen (secondary N) is 1. The number of H-pyrrole nitrogens is 1. The molecule has 3 nitrogen and oxygen atoms in total. The number of fused-ring (bicyclic) bond motifs is 1. The van der Waals surface area contributed by atoms with Gasteiger partial charge in [0.05, 0.1) is 10.9 Å². The number of hydrogen-bond acceptors (Lipinski definition) is 2. The molecule has 2 aromatic carbocycles. The topological polar surface area (TPSA) is 45.8 Å². The zero-order valence-electron chi connectivity index (χ0n) is 10.6. The van der Waals surface area contributed by atoms with Crippen molar-refractivity contribution in [2.75, 3.05) is 0 Å². The van der Waals surface area contributed by atoms with Crippen LogP contribution in [0.2, 0.25) is 0 Å². The van der Waals surface area contributed by atoms with Crippen LogP contribution in [0.25, 0.3) is 22.0 Å². The molecule has 1 aromatic heterocycles. The van der Waals surface area contributed by atoms with Crippen molar-refractivity contribution in [3.05, 3.63) is 64.2 Å². The zero-order valence-corrected chi connectivity index (χ0v) is 10.6. The molecule has 0 amide bonds. The monoisotopic (exact) mass is 272 g/mol. The van der Waals surface area contributed by atoms with Crippen molar-refractivity contribution < 1.29 is 8.78 Å². The van der Waals surface area contributed by atoms with E-state index < -0.39 is 11.6 Å². The highest BCUT2D eigenvalue weighted by Gasteiger charge is 2.07. The van der Waals surface area contributed by atoms with Crippen molar-refractivity contribution in [3.8, 4) is 11.1 Å². The predicted molar refractivity (Wildman–Crippen MR) is 72.5 cm³/mol. The molecule has 1 heterocycles. The van der Waals surface area contributed by atoms with E-state index in [-0.39, 0.29) is 5.56 Å². The van der Waals surface area contributed by atoms with Crippen molar-refractivity contribution in [2.45, 2.75) is 6.92 Å². The molecule has 0 aliphatic rings. The normalized spacial score (nSPS) is 10.9.